The molecule has 0 N–H and O–H groups in total. The number of halogens is 4. The lowest BCUT2D eigenvalue weighted by molar-refractivity contribution is 0.107. The summed E-state index contributed by atoms with van der Waals surface area (Å²) < 4.78 is 24.9. The highest BCUT2D eigenvalue weighted by atomic mass is 35.5. The fourth-order valence-electron chi connectivity index (χ4n) is 1.04. The van der Waals surface area contributed by atoms with Crippen molar-refractivity contribution in [1.82, 2.24) is 4.98 Å². The average Bonchev–Trinajstić information content (AvgIpc) is 2.02. The van der Waals surface area contributed by atoms with E-state index in [0.29, 0.717) is 0 Å². The van der Waals surface area contributed by atoms with E-state index < -0.39 is 17.2 Å². The number of nitrogens with zero attached hydrogens (tertiary/aromatic N) is 1. The van der Waals surface area contributed by atoms with Crippen molar-refractivity contribution in [2.24, 2.45) is 0 Å². The van der Waals surface area contributed by atoms with Crippen LogP contribution in [0.1, 0.15) is 27.9 Å². The zero-order valence-electron chi connectivity index (χ0n) is 7.02. The molecule has 0 unspecified atom stereocenters. The maximum absolute atomic E-state index is 12.5. The Bertz CT molecular complexity index is 382. The number of alkyl halides is 2. The predicted molar refractivity (Wildman–Crippen MR) is 49.1 cm³/mol. The SMILES string of the molecule is Cc1c(C(=O)Cl)cnc(Cl)c1C(F)F. The first-order valence-electron chi connectivity index (χ1n) is 3.58. The number of carbonyl (C=O) groups excluding carboxylic acids is 1. The predicted octanol–water partition coefficient (Wildman–Crippen LogP) is 3.36. The van der Waals surface area contributed by atoms with Gasteiger partial charge in [-0.1, -0.05) is 11.6 Å². The van der Waals surface area contributed by atoms with Gasteiger partial charge in [0.15, 0.2) is 0 Å². The van der Waals surface area contributed by atoms with Gasteiger partial charge in [0.2, 0.25) is 0 Å². The second-order valence-electron chi connectivity index (χ2n) is 2.58. The summed E-state index contributed by atoms with van der Waals surface area (Å²) in [4.78, 5) is 14.3. The molecule has 0 aliphatic rings. The summed E-state index contributed by atoms with van der Waals surface area (Å²) in [6.45, 7) is 1.35. The molecular weight excluding hydrogens is 235 g/mol. The van der Waals surface area contributed by atoms with Crippen LogP contribution in [0.15, 0.2) is 6.20 Å². The van der Waals surface area contributed by atoms with E-state index in [1.165, 1.54) is 6.92 Å². The monoisotopic (exact) mass is 239 g/mol. The lowest BCUT2D eigenvalue weighted by atomic mass is 10.1. The number of hydrogen-bond donors (Lipinski definition) is 0. The Morgan fingerprint density at radius 1 is 1.57 bits per heavy atom. The number of carbonyl (C=O) groups is 1. The quantitative estimate of drug-likeness (QED) is 0.586. The molecule has 1 aromatic heterocycles. The third-order valence-corrected chi connectivity index (χ3v) is 2.27. The highest BCUT2D eigenvalue weighted by molar-refractivity contribution is 6.67. The molecule has 0 spiro atoms. The van der Waals surface area contributed by atoms with Crippen LogP contribution in [0.3, 0.4) is 0 Å². The molecule has 0 aliphatic carbocycles. The van der Waals surface area contributed by atoms with E-state index in [0.717, 1.165) is 6.20 Å². The molecule has 0 amide bonds. The fourth-order valence-corrected chi connectivity index (χ4v) is 1.50. The van der Waals surface area contributed by atoms with Gasteiger partial charge in [0.05, 0.1) is 11.1 Å². The van der Waals surface area contributed by atoms with Gasteiger partial charge in [-0.25, -0.2) is 13.8 Å². The van der Waals surface area contributed by atoms with Crippen LogP contribution in [0.4, 0.5) is 8.78 Å². The minimum atomic E-state index is -2.77. The van der Waals surface area contributed by atoms with E-state index in [2.05, 4.69) is 4.98 Å². The van der Waals surface area contributed by atoms with Crippen molar-refractivity contribution in [2.45, 2.75) is 13.3 Å². The Morgan fingerprint density at radius 3 is 2.57 bits per heavy atom. The Morgan fingerprint density at radius 2 is 2.14 bits per heavy atom. The van der Waals surface area contributed by atoms with Crippen LogP contribution in [0.2, 0.25) is 5.15 Å². The molecule has 1 aromatic rings. The topological polar surface area (TPSA) is 30.0 Å². The van der Waals surface area contributed by atoms with E-state index in [-0.39, 0.29) is 16.3 Å². The molecule has 1 heterocycles. The lowest BCUT2D eigenvalue weighted by Crippen LogP contribution is -2.02. The van der Waals surface area contributed by atoms with Crippen LogP contribution in [0.5, 0.6) is 0 Å². The van der Waals surface area contributed by atoms with Crippen LogP contribution < -0.4 is 0 Å². The van der Waals surface area contributed by atoms with Crippen molar-refractivity contribution < 1.29 is 13.6 Å². The van der Waals surface area contributed by atoms with E-state index in [4.69, 9.17) is 23.2 Å². The summed E-state index contributed by atoms with van der Waals surface area (Å²) >= 11 is 10.6. The maximum Gasteiger partial charge on any atom is 0.267 e. The minimum Gasteiger partial charge on any atom is -0.276 e. The zero-order valence-corrected chi connectivity index (χ0v) is 8.53. The molecule has 0 saturated carbocycles. The van der Waals surface area contributed by atoms with Gasteiger partial charge in [-0.2, -0.15) is 0 Å². The molecule has 0 fully saturated rings. The van der Waals surface area contributed by atoms with Gasteiger partial charge >= 0.3 is 0 Å². The van der Waals surface area contributed by atoms with Gasteiger partial charge in [-0.05, 0) is 24.1 Å². The van der Waals surface area contributed by atoms with E-state index in [1.807, 2.05) is 0 Å². The molecule has 0 aliphatic heterocycles. The van der Waals surface area contributed by atoms with Crippen LogP contribution in [0.25, 0.3) is 0 Å². The average molecular weight is 240 g/mol. The standard InChI is InChI=1S/C8H5Cl2F2NO/c1-3-4(7(10)14)2-13-6(9)5(3)8(11)12/h2,8H,1H3. The molecule has 0 aromatic carbocycles. The first-order valence-corrected chi connectivity index (χ1v) is 4.33. The normalized spacial score (nSPS) is 10.7. The second kappa shape index (κ2) is 4.19. The van der Waals surface area contributed by atoms with E-state index >= 15 is 0 Å². The van der Waals surface area contributed by atoms with Gasteiger partial charge in [0, 0.05) is 6.20 Å². The second-order valence-corrected chi connectivity index (χ2v) is 3.28. The van der Waals surface area contributed by atoms with Crippen LogP contribution in [-0.2, 0) is 0 Å². The summed E-state index contributed by atoms with van der Waals surface area (Å²) in [6, 6.07) is 0. The summed E-state index contributed by atoms with van der Waals surface area (Å²) in [6.07, 6.45) is -1.69. The number of hydrogen-bond acceptors (Lipinski definition) is 2. The summed E-state index contributed by atoms with van der Waals surface area (Å²) in [5, 5.41) is -1.13. The van der Waals surface area contributed by atoms with Gasteiger partial charge in [0.1, 0.15) is 5.15 Å². The van der Waals surface area contributed by atoms with Gasteiger partial charge < -0.3 is 0 Å². The van der Waals surface area contributed by atoms with Crippen molar-refractivity contribution in [2.75, 3.05) is 0 Å². The first-order chi connectivity index (χ1) is 6.45. The van der Waals surface area contributed by atoms with Gasteiger partial charge in [-0.15, -0.1) is 0 Å². The fraction of sp³-hybridized carbons (Fsp3) is 0.250. The Kier molecular flexibility index (Phi) is 3.39. The summed E-state index contributed by atoms with van der Waals surface area (Å²) in [7, 11) is 0. The van der Waals surface area contributed by atoms with Crippen molar-refractivity contribution in [3.05, 3.63) is 28.0 Å². The third kappa shape index (κ3) is 2.01. The Hall–Kier alpha value is -0.740. The van der Waals surface area contributed by atoms with Crippen molar-refractivity contribution in [3.63, 3.8) is 0 Å². The molecule has 0 radical (unpaired) electrons. The Balaban J connectivity index is 3.41. The summed E-state index contributed by atoms with van der Waals surface area (Å²) in [5.41, 5.74) is -0.426. The highest BCUT2D eigenvalue weighted by Gasteiger charge is 2.20. The molecule has 0 saturated heterocycles. The molecule has 6 heteroatoms. The molecule has 1 rings (SSSR count). The molecule has 2 nitrogen and oxygen atoms in total. The molecule has 0 bridgehead atoms. The Labute approximate surface area is 88.8 Å². The molecule has 0 atom stereocenters. The highest BCUT2D eigenvalue weighted by Crippen LogP contribution is 2.30. The van der Waals surface area contributed by atoms with Crippen molar-refractivity contribution in [1.29, 1.82) is 0 Å². The largest absolute Gasteiger partial charge is 0.276 e. The third-order valence-electron chi connectivity index (χ3n) is 1.77. The number of rotatable bonds is 2. The van der Waals surface area contributed by atoms with Gasteiger partial charge in [-0.3, -0.25) is 4.79 Å². The van der Waals surface area contributed by atoms with Crippen LogP contribution in [0, 0.1) is 6.92 Å². The molecule has 76 valence electrons. The number of pyridine rings is 1. The zero-order chi connectivity index (χ0) is 10.9. The number of aromatic nitrogens is 1. The molecular formula is C8H5Cl2F2NO. The maximum atomic E-state index is 12.5. The minimum absolute atomic E-state index is 0.0497. The molecule has 14 heavy (non-hydrogen) atoms. The van der Waals surface area contributed by atoms with Crippen LogP contribution in [-0.4, -0.2) is 10.2 Å². The van der Waals surface area contributed by atoms with E-state index in [1.54, 1.807) is 0 Å². The van der Waals surface area contributed by atoms with Crippen LogP contribution >= 0.6 is 23.2 Å². The summed E-state index contributed by atoms with van der Waals surface area (Å²) in [5.74, 6) is 0. The van der Waals surface area contributed by atoms with Crippen molar-refractivity contribution >= 4 is 28.4 Å². The smallest absolute Gasteiger partial charge is 0.267 e. The van der Waals surface area contributed by atoms with E-state index in [9.17, 15) is 13.6 Å². The lowest BCUT2D eigenvalue weighted by Gasteiger charge is -2.08. The van der Waals surface area contributed by atoms with Gasteiger partial charge in [0.25, 0.3) is 11.7 Å². The first kappa shape index (κ1) is 11.3. The van der Waals surface area contributed by atoms with Crippen molar-refractivity contribution in [3.8, 4) is 0 Å².